The van der Waals surface area contributed by atoms with Gasteiger partial charge < -0.3 is 10.6 Å². The Labute approximate surface area is 187 Å². The average Bonchev–Trinajstić information content (AvgIpc) is 3.06. The molecule has 6 nitrogen and oxygen atoms in total. The maximum atomic E-state index is 13.5. The largest absolute Gasteiger partial charge is 0.435 e. The topological polar surface area (TPSA) is 82.2 Å². The Morgan fingerprint density at radius 3 is 2.38 bits per heavy atom. The molecule has 1 heterocycles. The third-order valence-electron chi connectivity index (χ3n) is 4.09. The summed E-state index contributed by atoms with van der Waals surface area (Å²) < 4.78 is 65.7. The van der Waals surface area contributed by atoms with Crippen LogP contribution in [0.1, 0.15) is 21.6 Å². The quantitative estimate of drug-likeness (QED) is 0.237. The highest BCUT2D eigenvalue weighted by atomic mass is 35.5. The SMILES string of the molecule is Cc1c(C(F)(F)F)n[nH]c1N/C(=N\C(=O)c1ccc(F)c(F)c1)Nc1ccc(Cl)cc1Cl. The summed E-state index contributed by atoms with van der Waals surface area (Å²) in [4.78, 5) is 16.2. The number of amides is 1. The fourth-order valence-electron chi connectivity index (χ4n) is 2.51. The van der Waals surface area contributed by atoms with Crippen LogP contribution in [0, 0.1) is 18.6 Å². The molecular formula is C19H12Cl2F5N5O. The highest BCUT2D eigenvalue weighted by Crippen LogP contribution is 2.33. The summed E-state index contributed by atoms with van der Waals surface area (Å²) in [5.74, 6) is -4.04. The first-order valence-corrected chi connectivity index (χ1v) is 9.40. The van der Waals surface area contributed by atoms with Crippen molar-refractivity contribution in [3.8, 4) is 0 Å². The number of rotatable bonds is 3. The van der Waals surface area contributed by atoms with Gasteiger partial charge in [-0.15, -0.1) is 0 Å². The first kappa shape index (κ1) is 23.5. The van der Waals surface area contributed by atoms with Crippen molar-refractivity contribution in [2.75, 3.05) is 10.6 Å². The number of alkyl halides is 3. The van der Waals surface area contributed by atoms with Gasteiger partial charge in [-0.2, -0.15) is 23.3 Å². The molecule has 3 N–H and O–H groups in total. The second kappa shape index (κ2) is 9.13. The van der Waals surface area contributed by atoms with Gasteiger partial charge in [0, 0.05) is 16.1 Å². The van der Waals surface area contributed by atoms with Crippen molar-refractivity contribution in [2.45, 2.75) is 13.1 Å². The molecule has 1 aromatic heterocycles. The van der Waals surface area contributed by atoms with E-state index >= 15 is 0 Å². The van der Waals surface area contributed by atoms with E-state index in [9.17, 15) is 26.7 Å². The van der Waals surface area contributed by atoms with Gasteiger partial charge in [0.1, 0.15) is 5.82 Å². The zero-order valence-electron chi connectivity index (χ0n) is 15.9. The lowest BCUT2D eigenvalue weighted by Crippen LogP contribution is -2.24. The number of nitrogens with one attached hydrogen (secondary N) is 3. The van der Waals surface area contributed by atoms with E-state index in [4.69, 9.17) is 23.2 Å². The summed E-state index contributed by atoms with van der Waals surface area (Å²) in [7, 11) is 0. The third kappa shape index (κ3) is 5.35. The molecule has 0 fully saturated rings. The lowest BCUT2D eigenvalue weighted by molar-refractivity contribution is -0.141. The minimum Gasteiger partial charge on any atom is -0.324 e. The summed E-state index contributed by atoms with van der Waals surface area (Å²) in [6.45, 7) is 1.15. The summed E-state index contributed by atoms with van der Waals surface area (Å²) in [6.07, 6.45) is -4.72. The van der Waals surface area contributed by atoms with Crippen molar-refractivity contribution < 1.29 is 26.7 Å². The fraction of sp³-hybridized carbons (Fsp3) is 0.105. The Morgan fingerprint density at radius 2 is 1.78 bits per heavy atom. The Kier molecular flexibility index (Phi) is 6.70. The molecule has 168 valence electrons. The number of aromatic amines is 1. The molecule has 0 aliphatic heterocycles. The lowest BCUT2D eigenvalue weighted by atomic mass is 10.2. The van der Waals surface area contributed by atoms with Crippen LogP contribution in [-0.2, 0) is 6.18 Å². The van der Waals surface area contributed by atoms with Crippen LogP contribution in [0.15, 0.2) is 41.4 Å². The van der Waals surface area contributed by atoms with Gasteiger partial charge in [-0.05, 0) is 43.3 Å². The first-order valence-electron chi connectivity index (χ1n) is 8.65. The summed E-state index contributed by atoms with van der Waals surface area (Å²) in [5, 5.41) is 11.0. The van der Waals surface area contributed by atoms with E-state index in [0.29, 0.717) is 11.1 Å². The van der Waals surface area contributed by atoms with E-state index in [1.54, 1.807) is 0 Å². The fourth-order valence-corrected chi connectivity index (χ4v) is 2.97. The zero-order valence-corrected chi connectivity index (χ0v) is 17.4. The van der Waals surface area contributed by atoms with E-state index in [-0.39, 0.29) is 33.6 Å². The lowest BCUT2D eigenvalue weighted by Gasteiger charge is -2.13. The molecule has 2 aromatic carbocycles. The van der Waals surface area contributed by atoms with Gasteiger partial charge in [-0.1, -0.05) is 23.2 Å². The second-order valence-corrected chi connectivity index (χ2v) is 7.18. The third-order valence-corrected chi connectivity index (χ3v) is 4.63. The van der Waals surface area contributed by atoms with E-state index in [1.165, 1.54) is 18.2 Å². The number of carbonyl (C=O) groups is 1. The number of benzene rings is 2. The van der Waals surface area contributed by atoms with Crippen molar-refractivity contribution in [2.24, 2.45) is 4.99 Å². The molecule has 13 heteroatoms. The molecule has 32 heavy (non-hydrogen) atoms. The van der Waals surface area contributed by atoms with Crippen LogP contribution in [0.25, 0.3) is 0 Å². The molecule has 0 saturated heterocycles. The monoisotopic (exact) mass is 491 g/mol. The number of carbonyl (C=O) groups excluding carboxylic acids is 1. The molecule has 0 unspecified atom stereocenters. The van der Waals surface area contributed by atoms with Crippen molar-refractivity contribution in [1.29, 1.82) is 0 Å². The second-order valence-electron chi connectivity index (χ2n) is 6.34. The van der Waals surface area contributed by atoms with Crippen molar-refractivity contribution in [3.05, 3.63) is 74.9 Å². The summed E-state index contributed by atoms with van der Waals surface area (Å²) in [5.41, 5.74) is -1.57. The average molecular weight is 492 g/mol. The number of aromatic nitrogens is 2. The molecule has 0 atom stereocenters. The van der Waals surface area contributed by atoms with Crippen molar-refractivity contribution >= 4 is 46.6 Å². The minimum absolute atomic E-state index is 0.115. The van der Waals surface area contributed by atoms with Crippen molar-refractivity contribution in [3.63, 3.8) is 0 Å². The van der Waals surface area contributed by atoms with Gasteiger partial charge in [0.15, 0.2) is 17.3 Å². The molecule has 0 radical (unpaired) electrons. The van der Waals surface area contributed by atoms with E-state index in [1.807, 2.05) is 0 Å². The summed E-state index contributed by atoms with van der Waals surface area (Å²) >= 11 is 11.9. The van der Waals surface area contributed by atoms with Gasteiger partial charge in [0.05, 0.1) is 10.7 Å². The van der Waals surface area contributed by atoms with Gasteiger partial charge in [0.2, 0.25) is 5.96 Å². The molecule has 3 rings (SSSR count). The standard InChI is InChI=1S/C19H12Cl2F5N5O/c1-8-15(19(24,25)26)30-31-16(8)28-18(27-14-5-3-10(20)7-11(14)21)29-17(32)9-2-4-12(22)13(23)6-9/h2-7H,1H3,(H3,27,28,29,30,31,32). The number of guanidine groups is 1. The van der Waals surface area contributed by atoms with Crippen LogP contribution in [0.3, 0.4) is 0 Å². The minimum atomic E-state index is -4.72. The van der Waals surface area contributed by atoms with Crippen LogP contribution in [0.2, 0.25) is 10.0 Å². The molecular weight excluding hydrogens is 480 g/mol. The number of H-pyrrole nitrogens is 1. The molecule has 0 aliphatic rings. The number of hydrogen-bond donors (Lipinski definition) is 3. The predicted molar refractivity (Wildman–Crippen MR) is 110 cm³/mol. The van der Waals surface area contributed by atoms with Gasteiger partial charge >= 0.3 is 6.18 Å². The highest BCUT2D eigenvalue weighted by Gasteiger charge is 2.36. The Bertz CT molecular complexity index is 1210. The van der Waals surface area contributed by atoms with Crippen LogP contribution in [0.5, 0.6) is 0 Å². The smallest absolute Gasteiger partial charge is 0.324 e. The predicted octanol–water partition coefficient (Wildman–Crippen LogP) is 6.04. The van der Waals surface area contributed by atoms with E-state index < -0.39 is 29.4 Å². The Hall–Kier alpha value is -3.18. The number of nitrogens with zero attached hydrogens (tertiary/aromatic N) is 2. The number of halogens is 7. The van der Waals surface area contributed by atoms with Crippen LogP contribution in [-0.4, -0.2) is 22.1 Å². The van der Waals surface area contributed by atoms with Gasteiger partial charge in [-0.25, -0.2) is 8.78 Å². The zero-order chi connectivity index (χ0) is 23.6. The molecule has 3 aromatic rings. The number of aliphatic imine (C=N–C) groups is 1. The highest BCUT2D eigenvalue weighted by molar-refractivity contribution is 6.36. The molecule has 0 saturated carbocycles. The van der Waals surface area contributed by atoms with Gasteiger partial charge in [-0.3, -0.25) is 9.89 Å². The van der Waals surface area contributed by atoms with Gasteiger partial charge in [0.25, 0.3) is 5.91 Å². The maximum absolute atomic E-state index is 13.5. The van der Waals surface area contributed by atoms with E-state index in [0.717, 1.165) is 19.1 Å². The van der Waals surface area contributed by atoms with Crippen molar-refractivity contribution in [1.82, 2.24) is 10.2 Å². The summed E-state index contributed by atoms with van der Waals surface area (Å²) in [6, 6.07) is 6.66. The van der Waals surface area contributed by atoms with Crippen LogP contribution >= 0.6 is 23.2 Å². The Balaban J connectivity index is 1.99. The number of hydrogen-bond acceptors (Lipinski definition) is 2. The Morgan fingerprint density at radius 1 is 1.06 bits per heavy atom. The van der Waals surface area contributed by atoms with Crippen LogP contribution < -0.4 is 10.6 Å². The normalized spacial score (nSPS) is 12.1. The van der Waals surface area contributed by atoms with Crippen LogP contribution in [0.4, 0.5) is 33.5 Å². The molecule has 0 aliphatic carbocycles. The number of anilines is 2. The molecule has 0 bridgehead atoms. The van der Waals surface area contributed by atoms with E-state index in [2.05, 4.69) is 25.8 Å². The molecule has 1 amide bonds. The first-order chi connectivity index (χ1) is 15.0. The maximum Gasteiger partial charge on any atom is 0.435 e. The molecule has 0 spiro atoms.